The van der Waals surface area contributed by atoms with Gasteiger partial charge in [0.25, 0.3) is 5.91 Å². The molecule has 0 saturated heterocycles. The van der Waals surface area contributed by atoms with Crippen LogP contribution in [0.15, 0.2) is 42.6 Å². The Morgan fingerprint density at radius 2 is 2.00 bits per heavy atom. The zero-order valence-corrected chi connectivity index (χ0v) is 15.2. The number of pyridine rings is 1. The van der Waals surface area contributed by atoms with E-state index in [0.29, 0.717) is 18.3 Å². The quantitative estimate of drug-likeness (QED) is 0.852. The molecule has 1 saturated carbocycles. The van der Waals surface area contributed by atoms with Crippen LogP contribution in [0.2, 0.25) is 0 Å². The molecule has 1 heterocycles. The van der Waals surface area contributed by atoms with Gasteiger partial charge in [0.15, 0.2) is 0 Å². The van der Waals surface area contributed by atoms with Crippen molar-refractivity contribution in [1.82, 2.24) is 4.98 Å². The number of benzene rings is 1. The average Bonchev–Trinajstić information content (AvgIpc) is 2.64. The minimum Gasteiger partial charge on any atom is -0.381 e. The summed E-state index contributed by atoms with van der Waals surface area (Å²) in [6.07, 6.45) is 8.16. The van der Waals surface area contributed by atoms with Gasteiger partial charge in [0.05, 0.1) is 11.9 Å². The summed E-state index contributed by atoms with van der Waals surface area (Å²) < 4.78 is 0. The summed E-state index contributed by atoms with van der Waals surface area (Å²) in [6.45, 7) is 4.64. The van der Waals surface area contributed by atoms with Crippen molar-refractivity contribution >= 4 is 17.3 Å². The van der Waals surface area contributed by atoms with Crippen LogP contribution < -0.4 is 10.2 Å². The van der Waals surface area contributed by atoms with E-state index in [1.54, 1.807) is 11.1 Å². The normalized spacial score (nSPS) is 15.0. The first kappa shape index (κ1) is 17.5. The summed E-state index contributed by atoms with van der Waals surface area (Å²) in [5.41, 5.74) is 3.54. The number of anilines is 2. The summed E-state index contributed by atoms with van der Waals surface area (Å²) in [4.78, 5) is 19.0. The minimum atomic E-state index is -0.0580. The second kappa shape index (κ2) is 8.15. The molecule has 2 aromatic rings. The molecule has 1 aromatic carbocycles. The maximum atomic E-state index is 12.8. The lowest BCUT2D eigenvalue weighted by molar-refractivity contribution is 0.0983. The van der Waals surface area contributed by atoms with Crippen molar-refractivity contribution in [2.24, 2.45) is 0 Å². The summed E-state index contributed by atoms with van der Waals surface area (Å²) in [7, 11) is 0. The first-order valence-corrected chi connectivity index (χ1v) is 9.28. The molecule has 0 unspecified atom stereocenters. The van der Waals surface area contributed by atoms with E-state index in [0.717, 1.165) is 16.9 Å². The number of nitrogens with one attached hydrogen (secondary N) is 1. The van der Waals surface area contributed by atoms with Crippen molar-refractivity contribution in [3.63, 3.8) is 0 Å². The van der Waals surface area contributed by atoms with E-state index in [4.69, 9.17) is 0 Å². The van der Waals surface area contributed by atoms with E-state index in [1.165, 1.54) is 32.1 Å². The van der Waals surface area contributed by atoms with Crippen LogP contribution in [0.5, 0.6) is 0 Å². The molecular weight excluding hydrogens is 310 g/mol. The molecule has 132 valence electrons. The summed E-state index contributed by atoms with van der Waals surface area (Å²) in [5, 5.41) is 3.54. The Kier molecular flexibility index (Phi) is 5.69. The maximum Gasteiger partial charge on any atom is 0.276 e. The van der Waals surface area contributed by atoms with Crippen LogP contribution in [0.3, 0.4) is 0 Å². The number of rotatable bonds is 5. The molecule has 1 N–H and O–H groups in total. The van der Waals surface area contributed by atoms with Gasteiger partial charge in [0, 0.05) is 18.3 Å². The zero-order chi connectivity index (χ0) is 17.6. The Morgan fingerprint density at radius 1 is 1.20 bits per heavy atom. The molecule has 1 aromatic heterocycles. The van der Waals surface area contributed by atoms with E-state index < -0.39 is 0 Å². The molecule has 0 spiro atoms. The molecular formula is C21H27N3O. The second-order valence-electron chi connectivity index (χ2n) is 6.80. The smallest absolute Gasteiger partial charge is 0.276 e. The molecule has 0 bridgehead atoms. The molecule has 3 rings (SSSR count). The van der Waals surface area contributed by atoms with Crippen molar-refractivity contribution in [2.45, 2.75) is 52.0 Å². The van der Waals surface area contributed by atoms with Crippen LogP contribution in [-0.4, -0.2) is 23.5 Å². The molecule has 1 aliphatic carbocycles. The number of hydrogen-bond acceptors (Lipinski definition) is 3. The molecule has 1 amide bonds. The maximum absolute atomic E-state index is 12.8. The highest BCUT2D eigenvalue weighted by Gasteiger charge is 2.18. The molecule has 0 radical (unpaired) electrons. The van der Waals surface area contributed by atoms with Gasteiger partial charge in [-0.15, -0.1) is 0 Å². The fourth-order valence-electron chi connectivity index (χ4n) is 3.47. The second-order valence-corrected chi connectivity index (χ2v) is 6.80. The number of aryl methyl sites for hydroxylation is 1. The Balaban J connectivity index is 1.70. The third-order valence-corrected chi connectivity index (χ3v) is 4.83. The largest absolute Gasteiger partial charge is 0.381 e. The van der Waals surface area contributed by atoms with E-state index in [-0.39, 0.29) is 5.91 Å². The lowest BCUT2D eigenvalue weighted by Crippen LogP contribution is -2.31. The summed E-state index contributed by atoms with van der Waals surface area (Å²) >= 11 is 0. The molecule has 0 atom stereocenters. The Morgan fingerprint density at radius 3 is 2.64 bits per heavy atom. The SMILES string of the molecule is CCN(C(=O)c1ccc(NC2CCCCC2)cn1)c1cccc(C)c1. The molecule has 4 heteroatoms. The van der Waals surface area contributed by atoms with Gasteiger partial charge in [-0.1, -0.05) is 31.4 Å². The van der Waals surface area contributed by atoms with Gasteiger partial charge in [-0.2, -0.15) is 0 Å². The van der Waals surface area contributed by atoms with Gasteiger partial charge in [0.1, 0.15) is 5.69 Å². The van der Waals surface area contributed by atoms with Crippen LogP contribution in [0.4, 0.5) is 11.4 Å². The van der Waals surface area contributed by atoms with Crippen molar-refractivity contribution in [1.29, 1.82) is 0 Å². The van der Waals surface area contributed by atoms with E-state index in [1.807, 2.05) is 50.2 Å². The van der Waals surface area contributed by atoms with E-state index >= 15 is 0 Å². The van der Waals surface area contributed by atoms with Gasteiger partial charge in [0.2, 0.25) is 0 Å². The predicted molar refractivity (Wildman–Crippen MR) is 103 cm³/mol. The highest BCUT2D eigenvalue weighted by Crippen LogP contribution is 2.22. The van der Waals surface area contributed by atoms with Crippen LogP contribution in [0.1, 0.15) is 55.1 Å². The highest BCUT2D eigenvalue weighted by molar-refractivity contribution is 6.04. The van der Waals surface area contributed by atoms with Crippen LogP contribution in [-0.2, 0) is 0 Å². The fourth-order valence-corrected chi connectivity index (χ4v) is 3.47. The third kappa shape index (κ3) is 4.38. The Hall–Kier alpha value is -2.36. The molecule has 1 fully saturated rings. The van der Waals surface area contributed by atoms with Gasteiger partial charge < -0.3 is 10.2 Å². The monoisotopic (exact) mass is 337 g/mol. The minimum absolute atomic E-state index is 0.0580. The number of aromatic nitrogens is 1. The van der Waals surface area contributed by atoms with Crippen LogP contribution >= 0.6 is 0 Å². The first-order chi connectivity index (χ1) is 12.2. The Bertz CT molecular complexity index is 705. The van der Waals surface area contributed by atoms with Crippen LogP contribution in [0, 0.1) is 6.92 Å². The van der Waals surface area contributed by atoms with Gasteiger partial charge in [-0.3, -0.25) is 4.79 Å². The van der Waals surface area contributed by atoms with Gasteiger partial charge >= 0.3 is 0 Å². The van der Waals surface area contributed by atoms with Crippen LogP contribution in [0.25, 0.3) is 0 Å². The Labute approximate surface area is 150 Å². The van der Waals surface area contributed by atoms with Gasteiger partial charge in [-0.25, -0.2) is 4.98 Å². The average molecular weight is 337 g/mol. The third-order valence-electron chi connectivity index (χ3n) is 4.83. The lowest BCUT2D eigenvalue weighted by atomic mass is 9.95. The summed E-state index contributed by atoms with van der Waals surface area (Å²) in [6, 6.07) is 12.3. The van der Waals surface area contributed by atoms with E-state index in [9.17, 15) is 4.79 Å². The number of carbonyl (C=O) groups is 1. The van der Waals surface area contributed by atoms with Crippen molar-refractivity contribution in [3.8, 4) is 0 Å². The molecule has 25 heavy (non-hydrogen) atoms. The predicted octanol–water partition coefficient (Wildman–Crippen LogP) is 4.80. The summed E-state index contributed by atoms with van der Waals surface area (Å²) in [5.74, 6) is -0.0580. The van der Waals surface area contributed by atoms with Crippen molar-refractivity contribution in [3.05, 3.63) is 53.9 Å². The van der Waals surface area contributed by atoms with Crippen molar-refractivity contribution < 1.29 is 4.79 Å². The number of carbonyl (C=O) groups excluding carboxylic acids is 1. The topological polar surface area (TPSA) is 45.2 Å². The molecule has 0 aliphatic heterocycles. The molecule has 1 aliphatic rings. The standard InChI is InChI=1S/C21H27N3O/c1-3-24(19-11-7-8-16(2)14-19)21(25)20-13-12-18(15-22-20)23-17-9-5-4-6-10-17/h7-8,11-15,17,23H,3-6,9-10H2,1-2H3. The zero-order valence-electron chi connectivity index (χ0n) is 15.2. The lowest BCUT2D eigenvalue weighted by Gasteiger charge is -2.24. The van der Waals surface area contributed by atoms with Gasteiger partial charge in [-0.05, 0) is 56.5 Å². The first-order valence-electron chi connectivity index (χ1n) is 9.28. The fraction of sp³-hybridized carbons (Fsp3) is 0.429. The molecule has 4 nitrogen and oxygen atoms in total. The van der Waals surface area contributed by atoms with Crippen molar-refractivity contribution in [2.75, 3.05) is 16.8 Å². The number of hydrogen-bond donors (Lipinski definition) is 1. The van der Waals surface area contributed by atoms with E-state index in [2.05, 4.69) is 10.3 Å². The highest BCUT2D eigenvalue weighted by atomic mass is 16.2. The number of amides is 1. The number of nitrogens with zero attached hydrogens (tertiary/aromatic N) is 2.